The first kappa shape index (κ1) is 32.7. The fourth-order valence-corrected chi connectivity index (χ4v) is 7.89. The summed E-state index contributed by atoms with van der Waals surface area (Å²) in [5.41, 5.74) is 3.50. The smallest absolute Gasteiger partial charge is 0.318 e. The van der Waals surface area contributed by atoms with Crippen molar-refractivity contribution in [3.8, 4) is 12.1 Å². The van der Waals surface area contributed by atoms with E-state index in [1.165, 1.54) is 28.4 Å². The number of likely N-dealkylation sites (tertiary alicyclic amines) is 1. The molecule has 9 nitrogen and oxygen atoms in total. The molecule has 0 aliphatic carbocycles. The van der Waals surface area contributed by atoms with Crippen molar-refractivity contribution in [2.45, 2.75) is 83.2 Å². The molecule has 2 aromatic carbocycles. The molecule has 10 heteroatoms. The van der Waals surface area contributed by atoms with Crippen LogP contribution < -0.4 is 19.9 Å². The maximum Gasteiger partial charge on any atom is 0.318 e. The summed E-state index contributed by atoms with van der Waals surface area (Å²) in [6.07, 6.45) is 3.64. The van der Waals surface area contributed by atoms with Crippen LogP contribution in [0.3, 0.4) is 0 Å². The van der Waals surface area contributed by atoms with Gasteiger partial charge < -0.3 is 24.3 Å². The van der Waals surface area contributed by atoms with Crippen molar-refractivity contribution in [2.75, 3.05) is 62.3 Å². The number of piperazine rings is 1. The molecule has 0 amide bonds. The molecule has 0 unspecified atom stereocenters. The number of aromatic nitrogens is 2. The van der Waals surface area contributed by atoms with E-state index in [1.807, 2.05) is 0 Å². The van der Waals surface area contributed by atoms with Crippen molar-refractivity contribution in [1.29, 1.82) is 5.26 Å². The van der Waals surface area contributed by atoms with Crippen molar-refractivity contribution in [3.05, 3.63) is 53.7 Å². The third-order valence-corrected chi connectivity index (χ3v) is 15.1. The van der Waals surface area contributed by atoms with Gasteiger partial charge in [-0.15, -0.1) is 0 Å². The molecular weight excluding hydrogens is 591 g/mol. The van der Waals surface area contributed by atoms with Gasteiger partial charge in [0.15, 0.2) is 8.32 Å². The summed E-state index contributed by atoms with van der Waals surface area (Å²) in [6.45, 7) is 18.9. The number of hydrogen-bond acceptors (Lipinski definition) is 9. The number of nitrogens with one attached hydrogen (secondary N) is 1. The van der Waals surface area contributed by atoms with E-state index in [4.69, 9.17) is 19.1 Å². The minimum atomic E-state index is -1.77. The second-order valence-electron chi connectivity index (χ2n) is 14.6. The van der Waals surface area contributed by atoms with E-state index in [0.29, 0.717) is 31.6 Å². The van der Waals surface area contributed by atoms with Crippen molar-refractivity contribution >= 4 is 30.6 Å². The molecule has 4 heterocycles. The molecule has 2 saturated heterocycles. The van der Waals surface area contributed by atoms with Gasteiger partial charge in [0, 0.05) is 68.1 Å². The minimum absolute atomic E-state index is 0.130. The van der Waals surface area contributed by atoms with E-state index in [-0.39, 0.29) is 11.1 Å². The number of nitriles is 1. The molecule has 2 fully saturated rings. The zero-order valence-electron chi connectivity index (χ0n) is 28.4. The van der Waals surface area contributed by atoms with Crippen LogP contribution in [-0.2, 0) is 17.4 Å². The van der Waals surface area contributed by atoms with Gasteiger partial charge in [0.25, 0.3) is 0 Å². The maximum atomic E-state index is 9.38. The molecule has 3 aromatic rings. The molecule has 3 aliphatic rings. The highest BCUT2D eigenvalue weighted by atomic mass is 28.4. The number of nitrogens with zero attached hydrogens (tertiary/aromatic N) is 6. The van der Waals surface area contributed by atoms with Crippen LogP contribution in [-0.4, -0.2) is 87.8 Å². The Morgan fingerprint density at radius 3 is 2.70 bits per heavy atom. The van der Waals surface area contributed by atoms with E-state index in [9.17, 15) is 5.26 Å². The highest BCUT2D eigenvalue weighted by Gasteiger charge is 2.37. The van der Waals surface area contributed by atoms with Crippen LogP contribution >= 0.6 is 0 Å². The molecule has 2 atom stereocenters. The predicted octanol–water partition coefficient (Wildman–Crippen LogP) is 5.75. The first-order chi connectivity index (χ1) is 22.1. The van der Waals surface area contributed by atoms with Gasteiger partial charge in [-0.1, -0.05) is 57.2 Å². The molecule has 246 valence electrons. The lowest BCUT2D eigenvalue weighted by atomic mass is 10.0. The lowest BCUT2D eigenvalue weighted by Gasteiger charge is -2.37. The quantitative estimate of drug-likeness (QED) is 0.278. The molecule has 3 aliphatic heterocycles. The van der Waals surface area contributed by atoms with Gasteiger partial charge >= 0.3 is 6.01 Å². The summed E-state index contributed by atoms with van der Waals surface area (Å²) in [4.78, 5) is 17.5. The fraction of sp³-hybridized carbons (Fsp3) is 0.583. The molecule has 0 radical (unpaired) electrons. The number of anilines is 2. The van der Waals surface area contributed by atoms with Crippen LogP contribution in [0.2, 0.25) is 18.1 Å². The second-order valence-corrected chi connectivity index (χ2v) is 19.4. The Kier molecular flexibility index (Phi) is 9.85. The van der Waals surface area contributed by atoms with Crippen LogP contribution in [0.25, 0.3) is 10.8 Å². The monoisotopic (exact) mass is 641 g/mol. The SMILES string of the molecule is CC(C)(C)[Si](C)(C)OCCN1CCC[C@@H]1COc1nc2c(c(N3CCN[C@@H](CC#N)C3)n1)CCN(c1cccc3ccccc13)C2. The number of benzene rings is 2. The van der Waals surface area contributed by atoms with E-state index in [0.717, 1.165) is 70.2 Å². The number of fused-ring (bicyclic) bond motifs is 2. The number of ether oxygens (including phenoxy) is 1. The number of rotatable bonds is 10. The zero-order chi connectivity index (χ0) is 32.3. The van der Waals surface area contributed by atoms with Crippen molar-refractivity contribution < 1.29 is 9.16 Å². The summed E-state index contributed by atoms with van der Waals surface area (Å²) in [5.74, 6) is 0.980. The Morgan fingerprint density at radius 2 is 1.87 bits per heavy atom. The Hall–Kier alpha value is -3.23. The standard InChI is InChI=1S/C36H51N7O2Si/c1-36(2,3)46(4,5)45-23-22-41-19-9-12-29(41)26-44-35-39-32-25-42(33-14-8-11-27-10-6-7-13-30(27)33)20-16-31(32)34(40-35)43-21-18-38-28(24-43)15-17-37/h6-8,10-11,13-14,28-29,38H,9,12,15-16,18-26H2,1-5H3/t28-,29+/m0/s1. The molecule has 1 N–H and O–H groups in total. The van der Waals surface area contributed by atoms with Gasteiger partial charge in [-0.3, -0.25) is 4.90 Å². The highest BCUT2D eigenvalue weighted by Crippen LogP contribution is 2.37. The topological polar surface area (TPSA) is 89.8 Å². The first-order valence-corrected chi connectivity index (χ1v) is 20.0. The maximum absolute atomic E-state index is 9.38. The van der Waals surface area contributed by atoms with Crippen LogP contribution in [0.4, 0.5) is 11.5 Å². The van der Waals surface area contributed by atoms with Gasteiger partial charge in [-0.2, -0.15) is 15.2 Å². The minimum Gasteiger partial charge on any atom is -0.462 e. The molecule has 6 rings (SSSR count). The van der Waals surface area contributed by atoms with Gasteiger partial charge in [-0.25, -0.2) is 0 Å². The molecule has 1 aromatic heterocycles. The molecule has 0 bridgehead atoms. The van der Waals surface area contributed by atoms with Crippen molar-refractivity contribution in [1.82, 2.24) is 20.2 Å². The Labute approximate surface area is 276 Å². The average Bonchev–Trinajstić information content (AvgIpc) is 3.49. The van der Waals surface area contributed by atoms with Crippen LogP contribution in [0.1, 0.15) is 51.3 Å². The fourth-order valence-electron chi connectivity index (χ4n) is 6.85. The van der Waals surface area contributed by atoms with Gasteiger partial charge in [0.1, 0.15) is 12.4 Å². The van der Waals surface area contributed by atoms with Crippen LogP contribution in [0.5, 0.6) is 6.01 Å². The third kappa shape index (κ3) is 7.18. The van der Waals surface area contributed by atoms with Crippen LogP contribution in [0.15, 0.2) is 42.5 Å². The summed E-state index contributed by atoms with van der Waals surface area (Å²) in [7, 11) is -1.77. The van der Waals surface area contributed by atoms with Crippen LogP contribution in [0, 0.1) is 11.3 Å². The highest BCUT2D eigenvalue weighted by molar-refractivity contribution is 6.74. The van der Waals surface area contributed by atoms with E-state index in [2.05, 4.69) is 102 Å². The van der Waals surface area contributed by atoms with E-state index < -0.39 is 8.32 Å². The Morgan fingerprint density at radius 1 is 1.04 bits per heavy atom. The Bertz CT molecular complexity index is 1550. The van der Waals surface area contributed by atoms with E-state index >= 15 is 0 Å². The lowest BCUT2D eigenvalue weighted by molar-refractivity contribution is 0.140. The Balaban J connectivity index is 1.21. The average molecular weight is 642 g/mol. The van der Waals surface area contributed by atoms with Gasteiger partial charge in [0.05, 0.1) is 24.7 Å². The summed E-state index contributed by atoms with van der Waals surface area (Å²) < 4.78 is 13.0. The lowest BCUT2D eigenvalue weighted by Crippen LogP contribution is -2.51. The largest absolute Gasteiger partial charge is 0.462 e. The molecule has 0 spiro atoms. The predicted molar refractivity (Wildman–Crippen MR) is 188 cm³/mol. The molecule has 0 saturated carbocycles. The van der Waals surface area contributed by atoms with E-state index in [1.54, 1.807) is 0 Å². The molecular formula is C36H51N7O2Si. The van der Waals surface area contributed by atoms with Crippen molar-refractivity contribution in [2.24, 2.45) is 0 Å². The number of hydrogen-bond donors (Lipinski definition) is 1. The summed E-state index contributed by atoms with van der Waals surface area (Å²) in [5, 5.41) is 15.6. The van der Waals surface area contributed by atoms with Gasteiger partial charge in [-0.05, 0) is 55.4 Å². The zero-order valence-corrected chi connectivity index (χ0v) is 29.4. The first-order valence-electron chi connectivity index (χ1n) is 17.1. The van der Waals surface area contributed by atoms with Gasteiger partial charge in [0.2, 0.25) is 0 Å². The summed E-state index contributed by atoms with van der Waals surface area (Å²) >= 11 is 0. The second kappa shape index (κ2) is 13.9. The normalized spacial score (nSPS) is 21.0. The third-order valence-electron chi connectivity index (χ3n) is 10.6. The summed E-state index contributed by atoms with van der Waals surface area (Å²) in [6, 6.07) is 18.4. The van der Waals surface area contributed by atoms with Crippen molar-refractivity contribution in [3.63, 3.8) is 0 Å². The molecule has 46 heavy (non-hydrogen) atoms.